The van der Waals surface area contributed by atoms with Gasteiger partial charge < -0.3 is 25.7 Å². The molecule has 6 heteroatoms. The van der Waals surface area contributed by atoms with Crippen LogP contribution in [0.4, 0.5) is 0 Å². The predicted molar refractivity (Wildman–Crippen MR) is 99.5 cm³/mol. The van der Waals surface area contributed by atoms with Crippen LogP contribution in [0.3, 0.4) is 0 Å². The maximum absolute atomic E-state index is 10.2. The molecule has 0 aromatic rings. The third-order valence-corrected chi connectivity index (χ3v) is 5.00. The zero-order chi connectivity index (χ0) is 17.1. The van der Waals surface area contributed by atoms with Gasteiger partial charge in [-0.25, -0.2) is 0 Å². The normalized spacial score (nSPS) is 27.9. The molecular weight excluding hydrogens is 330 g/mol. The van der Waals surface area contributed by atoms with Gasteiger partial charge in [0, 0.05) is 0 Å². The second kappa shape index (κ2) is 14.3. The van der Waals surface area contributed by atoms with Crippen molar-refractivity contribution in [2.75, 3.05) is 6.61 Å². The second-order valence-electron chi connectivity index (χ2n) is 7.00. The summed E-state index contributed by atoms with van der Waals surface area (Å²) in [5, 5.41) is 41.8. The lowest BCUT2D eigenvalue weighted by atomic mass is 9.98. The summed E-state index contributed by atoms with van der Waals surface area (Å²) in [6.07, 6.45) is 10.4. The molecular formula is C18H38ClNO4. The maximum Gasteiger partial charge on any atom is 0.0993 e. The Kier molecular flexibility index (Phi) is 14.3. The Balaban J connectivity index is 0.00000529. The molecule has 0 amide bonds. The van der Waals surface area contributed by atoms with Crippen molar-refractivity contribution in [3.63, 3.8) is 0 Å². The minimum atomic E-state index is -1.01. The Morgan fingerprint density at radius 1 is 0.833 bits per heavy atom. The molecule has 1 heterocycles. The van der Waals surface area contributed by atoms with E-state index in [1.165, 1.54) is 51.4 Å². The van der Waals surface area contributed by atoms with Crippen LogP contribution in [0.1, 0.15) is 77.6 Å². The summed E-state index contributed by atoms with van der Waals surface area (Å²) in [5.74, 6) is 0. The molecule has 0 bridgehead atoms. The van der Waals surface area contributed by atoms with Gasteiger partial charge in [0.1, 0.15) is 0 Å². The molecule has 0 unspecified atom stereocenters. The Hall–Kier alpha value is 0.0900. The summed E-state index contributed by atoms with van der Waals surface area (Å²) in [6, 6.07) is -1.09. The molecule has 146 valence electrons. The molecule has 0 aliphatic carbocycles. The molecule has 0 aromatic heterocycles. The van der Waals surface area contributed by atoms with Gasteiger partial charge in [-0.3, -0.25) is 0 Å². The van der Waals surface area contributed by atoms with E-state index >= 15 is 0 Å². The van der Waals surface area contributed by atoms with Gasteiger partial charge in [0.15, 0.2) is 0 Å². The van der Waals surface area contributed by atoms with E-state index in [0.717, 1.165) is 12.8 Å². The number of unbranched alkanes of at least 4 members (excludes halogenated alkanes) is 9. The first-order valence-corrected chi connectivity index (χ1v) is 9.53. The summed E-state index contributed by atoms with van der Waals surface area (Å²) < 4.78 is 0. The van der Waals surface area contributed by atoms with Crippen LogP contribution < -0.4 is 5.32 Å². The summed E-state index contributed by atoms with van der Waals surface area (Å²) in [7, 11) is 0. The number of halogens is 1. The topological polar surface area (TPSA) is 93.0 Å². The fourth-order valence-electron chi connectivity index (χ4n) is 3.41. The van der Waals surface area contributed by atoms with Gasteiger partial charge in [-0.15, -0.1) is 12.4 Å². The summed E-state index contributed by atoms with van der Waals surface area (Å²) in [4.78, 5) is 0. The molecule has 1 rings (SSSR count). The van der Waals surface area contributed by atoms with Gasteiger partial charge in [0.05, 0.1) is 37.0 Å². The lowest BCUT2D eigenvalue weighted by molar-refractivity contribution is -0.00443. The van der Waals surface area contributed by atoms with Crippen LogP contribution >= 0.6 is 12.4 Å². The van der Waals surface area contributed by atoms with E-state index in [2.05, 4.69) is 12.2 Å². The molecule has 5 N–H and O–H groups in total. The monoisotopic (exact) mass is 367 g/mol. The third kappa shape index (κ3) is 8.45. The average molecular weight is 368 g/mol. The zero-order valence-corrected chi connectivity index (χ0v) is 15.9. The van der Waals surface area contributed by atoms with Crippen LogP contribution in [0.15, 0.2) is 0 Å². The number of aliphatic hydroxyl groups excluding tert-OH is 4. The van der Waals surface area contributed by atoms with E-state index in [0.29, 0.717) is 6.42 Å². The standard InChI is InChI=1S/C18H37NO4.ClH/c1-2-3-4-5-6-7-8-9-10-11-12-15(21)16-18(23)17(22)14(13-20)19-16;/h14-23H,2-13H2,1H3;1H/t14-,15+,16-,17-,18-;/m1./s1. The van der Waals surface area contributed by atoms with E-state index < -0.39 is 30.4 Å². The molecule has 24 heavy (non-hydrogen) atoms. The van der Waals surface area contributed by atoms with Crippen molar-refractivity contribution in [2.45, 2.75) is 108 Å². The molecule has 5 nitrogen and oxygen atoms in total. The molecule has 1 aliphatic rings. The van der Waals surface area contributed by atoms with Gasteiger partial charge >= 0.3 is 0 Å². The summed E-state index contributed by atoms with van der Waals surface area (Å²) in [6.45, 7) is 2.00. The predicted octanol–water partition coefficient (Wildman–Crippen LogP) is 2.13. The van der Waals surface area contributed by atoms with Crippen LogP contribution in [0, 0.1) is 0 Å². The van der Waals surface area contributed by atoms with E-state index in [1.807, 2.05) is 0 Å². The molecule has 1 saturated heterocycles. The molecule has 5 atom stereocenters. The minimum absolute atomic E-state index is 0. The number of nitrogens with one attached hydrogen (secondary N) is 1. The number of rotatable bonds is 13. The first-order chi connectivity index (χ1) is 11.1. The first kappa shape index (κ1) is 24.1. The fourth-order valence-corrected chi connectivity index (χ4v) is 3.41. The highest BCUT2D eigenvalue weighted by molar-refractivity contribution is 5.85. The number of aliphatic hydroxyl groups is 4. The largest absolute Gasteiger partial charge is 0.395 e. The lowest BCUT2D eigenvalue weighted by Gasteiger charge is -2.22. The van der Waals surface area contributed by atoms with E-state index in [9.17, 15) is 15.3 Å². The smallest absolute Gasteiger partial charge is 0.0993 e. The van der Waals surface area contributed by atoms with Gasteiger partial charge in [-0.1, -0.05) is 71.1 Å². The van der Waals surface area contributed by atoms with E-state index in [1.54, 1.807) is 0 Å². The zero-order valence-electron chi connectivity index (χ0n) is 15.1. The minimum Gasteiger partial charge on any atom is -0.395 e. The molecule has 1 aliphatic heterocycles. The SMILES string of the molecule is CCCCCCCCCCCC[C@H](O)[C@H]1N[C@H](CO)[C@@H](O)[C@@H]1O.Cl. The maximum atomic E-state index is 10.2. The van der Waals surface area contributed by atoms with Crippen molar-refractivity contribution in [3.8, 4) is 0 Å². The van der Waals surface area contributed by atoms with Gasteiger partial charge in [0.25, 0.3) is 0 Å². The first-order valence-electron chi connectivity index (χ1n) is 9.53. The van der Waals surface area contributed by atoms with Crippen molar-refractivity contribution >= 4 is 12.4 Å². The van der Waals surface area contributed by atoms with Crippen LogP contribution in [0.25, 0.3) is 0 Å². The highest BCUT2D eigenvalue weighted by Crippen LogP contribution is 2.20. The fraction of sp³-hybridized carbons (Fsp3) is 1.00. The third-order valence-electron chi connectivity index (χ3n) is 5.00. The number of hydrogen-bond donors (Lipinski definition) is 5. The van der Waals surface area contributed by atoms with Crippen LogP contribution in [-0.4, -0.2) is 57.4 Å². The van der Waals surface area contributed by atoms with Crippen molar-refractivity contribution in [1.29, 1.82) is 0 Å². The number of hydrogen-bond acceptors (Lipinski definition) is 5. The van der Waals surface area contributed by atoms with Crippen LogP contribution in [0.2, 0.25) is 0 Å². The Morgan fingerprint density at radius 3 is 1.79 bits per heavy atom. The lowest BCUT2D eigenvalue weighted by Crippen LogP contribution is -2.44. The molecule has 0 radical (unpaired) electrons. The Labute approximate surface area is 153 Å². The van der Waals surface area contributed by atoms with Crippen LogP contribution in [0.5, 0.6) is 0 Å². The highest BCUT2D eigenvalue weighted by atomic mass is 35.5. The quantitative estimate of drug-likeness (QED) is 0.321. The highest BCUT2D eigenvalue weighted by Gasteiger charge is 2.43. The molecule has 0 aromatic carbocycles. The van der Waals surface area contributed by atoms with Crippen molar-refractivity contribution < 1.29 is 20.4 Å². The Bertz CT molecular complexity index is 296. The van der Waals surface area contributed by atoms with Crippen molar-refractivity contribution in [2.24, 2.45) is 0 Å². The van der Waals surface area contributed by atoms with Crippen molar-refractivity contribution in [1.82, 2.24) is 5.32 Å². The van der Waals surface area contributed by atoms with Gasteiger partial charge in [-0.05, 0) is 6.42 Å². The second-order valence-corrected chi connectivity index (χ2v) is 7.00. The Morgan fingerprint density at radius 2 is 1.33 bits per heavy atom. The average Bonchev–Trinajstić information content (AvgIpc) is 2.84. The van der Waals surface area contributed by atoms with Gasteiger partial charge in [-0.2, -0.15) is 0 Å². The molecule has 0 saturated carbocycles. The van der Waals surface area contributed by atoms with Crippen molar-refractivity contribution in [3.05, 3.63) is 0 Å². The van der Waals surface area contributed by atoms with Crippen LogP contribution in [-0.2, 0) is 0 Å². The summed E-state index contributed by atoms with van der Waals surface area (Å²) in [5.41, 5.74) is 0. The van der Waals surface area contributed by atoms with E-state index in [4.69, 9.17) is 5.11 Å². The van der Waals surface area contributed by atoms with Gasteiger partial charge in [0.2, 0.25) is 0 Å². The van der Waals surface area contributed by atoms with E-state index in [-0.39, 0.29) is 19.0 Å². The molecule has 0 spiro atoms. The molecule has 1 fully saturated rings. The summed E-state index contributed by atoms with van der Waals surface area (Å²) >= 11 is 0.